The number of fused-ring (bicyclic) bond motifs is 3. The molecular formula is C35H31N3O2. The van der Waals surface area contributed by atoms with Gasteiger partial charge in [0, 0.05) is 53.0 Å². The van der Waals surface area contributed by atoms with E-state index in [1.807, 2.05) is 30.3 Å². The van der Waals surface area contributed by atoms with E-state index in [1.165, 1.54) is 22.4 Å². The zero-order chi connectivity index (χ0) is 27.2. The molecule has 0 bridgehead atoms. The standard InChI is InChI=1S/C35H31N3O2/c1-23-20-24(2)32(25(3)21-23)35-34(28-13-9-15-30-33(28)27-12-7-8-14-29(27)39-30)36-31(40-35)16-17-37-18-19-38(22-37)26-10-5-4-6-11-26/h4-15,18-21H,16-17,22H2,1-3H3. The zero-order valence-corrected chi connectivity index (χ0v) is 23.0. The van der Waals surface area contributed by atoms with Crippen LogP contribution in [0, 0.1) is 20.8 Å². The average Bonchev–Trinajstić information content (AvgIpc) is 3.69. The lowest BCUT2D eigenvalue weighted by molar-refractivity contribution is 0.385. The molecule has 0 saturated carbocycles. The average molecular weight is 526 g/mol. The first kappa shape index (κ1) is 24.3. The Labute approximate surface area is 234 Å². The summed E-state index contributed by atoms with van der Waals surface area (Å²) < 4.78 is 12.9. The molecule has 0 fully saturated rings. The lowest BCUT2D eigenvalue weighted by Gasteiger charge is -2.20. The normalized spacial score (nSPS) is 13.3. The highest BCUT2D eigenvalue weighted by molar-refractivity contribution is 6.13. The third-order valence-corrected chi connectivity index (χ3v) is 7.73. The summed E-state index contributed by atoms with van der Waals surface area (Å²) in [5.41, 5.74) is 9.54. The molecule has 1 aliphatic rings. The largest absolute Gasteiger partial charge is 0.456 e. The first-order valence-corrected chi connectivity index (χ1v) is 13.8. The number of hydrogen-bond acceptors (Lipinski definition) is 5. The molecular weight excluding hydrogens is 494 g/mol. The number of anilines is 1. The summed E-state index contributed by atoms with van der Waals surface area (Å²) in [4.78, 5) is 9.70. The molecule has 6 aromatic rings. The molecule has 0 atom stereocenters. The maximum Gasteiger partial charge on any atom is 0.197 e. The molecule has 0 amide bonds. The second kappa shape index (κ2) is 9.76. The second-order valence-corrected chi connectivity index (χ2v) is 10.6. The van der Waals surface area contributed by atoms with Gasteiger partial charge in [-0.2, -0.15) is 0 Å². The molecule has 40 heavy (non-hydrogen) atoms. The summed E-state index contributed by atoms with van der Waals surface area (Å²) in [6, 6.07) is 29.3. The molecule has 2 aromatic heterocycles. The van der Waals surface area contributed by atoms with Gasteiger partial charge in [-0.1, -0.05) is 66.2 Å². The van der Waals surface area contributed by atoms with Crippen molar-refractivity contribution in [2.75, 3.05) is 18.1 Å². The van der Waals surface area contributed by atoms with Gasteiger partial charge in [-0.05, 0) is 56.2 Å². The van der Waals surface area contributed by atoms with Crippen LogP contribution in [-0.2, 0) is 6.42 Å². The molecule has 4 aromatic carbocycles. The van der Waals surface area contributed by atoms with Crippen LogP contribution in [0.15, 0.2) is 106 Å². The maximum absolute atomic E-state index is 6.66. The van der Waals surface area contributed by atoms with E-state index in [0.29, 0.717) is 6.42 Å². The first-order chi connectivity index (χ1) is 19.5. The van der Waals surface area contributed by atoms with Gasteiger partial charge in [-0.15, -0.1) is 0 Å². The third kappa shape index (κ3) is 4.24. The summed E-state index contributed by atoms with van der Waals surface area (Å²) in [7, 11) is 0. The molecule has 0 N–H and O–H groups in total. The SMILES string of the molecule is Cc1cc(C)c(-c2oc(CCN3C=CN(c4ccccc4)C3)nc2-c2cccc3oc4ccccc4c23)c(C)c1. The summed E-state index contributed by atoms with van der Waals surface area (Å²) in [5, 5.41) is 2.16. The number of rotatable bonds is 6. The monoisotopic (exact) mass is 525 g/mol. The highest BCUT2D eigenvalue weighted by atomic mass is 16.4. The van der Waals surface area contributed by atoms with Gasteiger partial charge in [-0.3, -0.25) is 0 Å². The van der Waals surface area contributed by atoms with Crippen LogP contribution in [0.25, 0.3) is 44.5 Å². The van der Waals surface area contributed by atoms with E-state index < -0.39 is 0 Å². The fraction of sp³-hybridized carbons (Fsp3) is 0.171. The quantitative estimate of drug-likeness (QED) is 0.218. The van der Waals surface area contributed by atoms with Crippen molar-refractivity contribution in [3.8, 4) is 22.6 Å². The summed E-state index contributed by atoms with van der Waals surface area (Å²) in [6.07, 6.45) is 4.97. The van der Waals surface area contributed by atoms with Gasteiger partial charge >= 0.3 is 0 Å². The molecule has 0 aliphatic carbocycles. The maximum atomic E-state index is 6.66. The van der Waals surface area contributed by atoms with Crippen LogP contribution >= 0.6 is 0 Å². The number of oxazole rings is 1. The lowest BCUT2D eigenvalue weighted by atomic mass is 9.94. The van der Waals surface area contributed by atoms with Crippen molar-refractivity contribution in [1.82, 2.24) is 9.88 Å². The van der Waals surface area contributed by atoms with Crippen molar-refractivity contribution in [3.63, 3.8) is 0 Å². The van der Waals surface area contributed by atoms with E-state index in [2.05, 4.69) is 97.6 Å². The van der Waals surface area contributed by atoms with E-state index in [9.17, 15) is 0 Å². The van der Waals surface area contributed by atoms with Crippen molar-refractivity contribution in [2.45, 2.75) is 27.2 Å². The molecule has 1 aliphatic heterocycles. The van der Waals surface area contributed by atoms with Crippen molar-refractivity contribution in [1.29, 1.82) is 0 Å². The Bertz CT molecular complexity index is 1860. The summed E-state index contributed by atoms with van der Waals surface area (Å²) in [6.45, 7) is 8.06. The van der Waals surface area contributed by atoms with Gasteiger partial charge in [0.1, 0.15) is 16.9 Å². The number of para-hydroxylation sites is 2. The van der Waals surface area contributed by atoms with Crippen molar-refractivity contribution in [3.05, 3.63) is 120 Å². The van der Waals surface area contributed by atoms with Gasteiger partial charge in [0.25, 0.3) is 0 Å². The van der Waals surface area contributed by atoms with E-state index in [0.717, 1.165) is 63.6 Å². The fourth-order valence-corrected chi connectivity index (χ4v) is 5.97. The summed E-state index contributed by atoms with van der Waals surface area (Å²) >= 11 is 0. The van der Waals surface area contributed by atoms with Crippen LogP contribution in [0.4, 0.5) is 5.69 Å². The minimum Gasteiger partial charge on any atom is -0.456 e. The molecule has 198 valence electrons. The topological polar surface area (TPSA) is 45.7 Å². The highest BCUT2D eigenvalue weighted by Gasteiger charge is 2.24. The predicted octanol–water partition coefficient (Wildman–Crippen LogP) is 8.63. The van der Waals surface area contributed by atoms with E-state index in [1.54, 1.807) is 0 Å². The van der Waals surface area contributed by atoms with Gasteiger partial charge < -0.3 is 18.6 Å². The summed E-state index contributed by atoms with van der Waals surface area (Å²) in [5.74, 6) is 1.56. The van der Waals surface area contributed by atoms with Crippen LogP contribution in [0.1, 0.15) is 22.6 Å². The van der Waals surface area contributed by atoms with Crippen molar-refractivity contribution in [2.24, 2.45) is 0 Å². The first-order valence-electron chi connectivity index (χ1n) is 13.8. The highest BCUT2D eigenvalue weighted by Crippen LogP contribution is 2.42. The molecule has 0 saturated heterocycles. The molecule has 7 rings (SSSR count). The van der Waals surface area contributed by atoms with E-state index in [-0.39, 0.29) is 0 Å². The van der Waals surface area contributed by atoms with Crippen molar-refractivity contribution < 1.29 is 8.83 Å². The number of hydrogen-bond donors (Lipinski definition) is 0. The fourth-order valence-electron chi connectivity index (χ4n) is 5.97. The Morgan fingerprint density at radius 3 is 2.35 bits per heavy atom. The van der Waals surface area contributed by atoms with Crippen LogP contribution in [-0.4, -0.2) is 23.1 Å². The minimum atomic E-state index is 0.700. The van der Waals surface area contributed by atoms with Gasteiger partial charge in [-0.25, -0.2) is 4.98 Å². The lowest BCUT2D eigenvalue weighted by Crippen LogP contribution is -2.26. The Hall–Kier alpha value is -4.77. The Balaban J connectivity index is 1.28. The second-order valence-electron chi connectivity index (χ2n) is 10.6. The number of aryl methyl sites for hydroxylation is 3. The van der Waals surface area contributed by atoms with Crippen LogP contribution < -0.4 is 4.90 Å². The number of aromatic nitrogens is 1. The zero-order valence-electron chi connectivity index (χ0n) is 23.0. The molecule has 0 radical (unpaired) electrons. The van der Waals surface area contributed by atoms with Gasteiger partial charge in [0.15, 0.2) is 11.7 Å². The van der Waals surface area contributed by atoms with E-state index in [4.69, 9.17) is 13.8 Å². The molecule has 0 spiro atoms. The van der Waals surface area contributed by atoms with Crippen LogP contribution in [0.2, 0.25) is 0 Å². The van der Waals surface area contributed by atoms with Crippen LogP contribution in [0.5, 0.6) is 0 Å². The Kier molecular flexibility index (Phi) is 5.93. The number of benzene rings is 4. The Morgan fingerprint density at radius 2 is 1.52 bits per heavy atom. The van der Waals surface area contributed by atoms with Crippen LogP contribution in [0.3, 0.4) is 0 Å². The van der Waals surface area contributed by atoms with Crippen molar-refractivity contribution >= 4 is 27.6 Å². The third-order valence-electron chi connectivity index (χ3n) is 7.73. The van der Waals surface area contributed by atoms with E-state index >= 15 is 0 Å². The number of furan rings is 1. The minimum absolute atomic E-state index is 0.700. The molecule has 5 heteroatoms. The van der Waals surface area contributed by atoms with Gasteiger partial charge in [0.05, 0.1) is 6.67 Å². The number of nitrogens with zero attached hydrogens (tertiary/aromatic N) is 3. The molecule has 3 heterocycles. The predicted molar refractivity (Wildman–Crippen MR) is 162 cm³/mol. The molecule has 0 unspecified atom stereocenters. The van der Waals surface area contributed by atoms with Gasteiger partial charge in [0.2, 0.25) is 0 Å². The Morgan fingerprint density at radius 1 is 0.775 bits per heavy atom. The molecule has 5 nitrogen and oxygen atoms in total. The smallest absolute Gasteiger partial charge is 0.197 e.